The summed E-state index contributed by atoms with van der Waals surface area (Å²) in [6, 6.07) is 7.97. The molecule has 2 rings (SSSR count). The Morgan fingerprint density at radius 3 is 2.45 bits per heavy atom. The van der Waals surface area contributed by atoms with E-state index in [1.165, 1.54) is 18.4 Å². The van der Waals surface area contributed by atoms with Gasteiger partial charge in [-0.15, -0.1) is 0 Å². The molecular weight excluding hydrogens is 272 g/mol. The molecule has 1 fully saturated rings. The van der Waals surface area contributed by atoms with Gasteiger partial charge >= 0.3 is 5.97 Å². The number of benzene rings is 1. The minimum atomic E-state index is -0.220. The average Bonchev–Trinajstić information content (AvgIpc) is 2.94. The second kappa shape index (κ2) is 6.44. The molecule has 0 bridgehead atoms. The normalized spacial score (nSPS) is 19.0. The number of carbonyl (C=O) groups excluding carboxylic acids is 1. The van der Waals surface area contributed by atoms with Crippen LogP contribution < -0.4 is 0 Å². The van der Waals surface area contributed by atoms with Gasteiger partial charge in [-0.2, -0.15) is 0 Å². The lowest BCUT2D eigenvalue weighted by Crippen LogP contribution is -2.31. The first kappa shape index (κ1) is 17.1. The summed E-state index contributed by atoms with van der Waals surface area (Å²) in [6.45, 7) is 11.0. The van der Waals surface area contributed by atoms with Crippen molar-refractivity contribution in [2.45, 2.75) is 78.2 Å². The topological polar surface area (TPSA) is 26.3 Å². The van der Waals surface area contributed by atoms with Gasteiger partial charge in [0.05, 0.1) is 5.56 Å². The fraction of sp³-hybridized carbons (Fsp3) is 0.650. The molecule has 0 radical (unpaired) electrons. The van der Waals surface area contributed by atoms with Gasteiger partial charge in [-0.3, -0.25) is 0 Å². The highest BCUT2D eigenvalue weighted by molar-refractivity contribution is 5.90. The average molecular weight is 302 g/mol. The largest absolute Gasteiger partial charge is 0.455 e. The molecule has 1 aliphatic carbocycles. The molecule has 122 valence electrons. The molecule has 1 unspecified atom stereocenters. The predicted molar refractivity (Wildman–Crippen MR) is 91.2 cm³/mol. The van der Waals surface area contributed by atoms with Crippen molar-refractivity contribution in [1.29, 1.82) is 0 Å². The zero-order valence-electron chi connectivity index (χ0n) is 14.7. The Balaban J connectivity index is 2.17. The van der Waals surface area contributed by atoms with Gasteiger partial charge in [0.2, 0.25) is 0 Å². The number of rotatable bonds is 4. The van der Waals surface area contributed by atoms with E-state index < -0.39 is 0 Å². The van der Waals surface area contributed by atoms with Gasteiger partial charge in [0.25, 0.3) is 0 Å². The van der Waals surface area contributed by atoms with E-state index in [1.54, 1.807) is 0 Å². The molecule has 1 aliphatic rings. The third-order valence-corrected chi connectivity index (χ3v) is 5.39. The van der Waals surface area contributed by atoms with Crippen LogP contribution in [-0.2, 0) is 4.74 Å². The van der Waals surface area contributed by atoms with Crippen molar-refractivity contribution in [1.82, 2.24) is 0 Å². The third kappa shape index (κ3) is 3.71. The zero-order chi connectivity index (χ0) is 16.4. The molecule has 0 aliphatic heterocycles. The highest BCUT2D eigenvalue weighted by Gasteiger charge is 2.36. The molecule has 1 atom stereocenters. The molecular formula is C20H30O2. The summed E-state index contributed by atoms with van der Waals surface area (Å²) in [4.78, 5) is 12.6. The Bertz CT molecular complexity index is 519. The monoisotopic (exact) mass is 302 g/mol. The molecule has 0 amide bonds. The van der Waals surface area contributed by atoms with Crippen LogP contribution >= 0.6 is 0 Å². The minimum Gasteiger partial charge on any atom is -0.455 e. The smallest absolute Gasteiger partial charge is 0.338 e. The van der Waals surface area contributed by atoms with Crippen molar-refractivity contribution in [3.8, 4) is 0 Å². The minimum absolute atomic E-state index is 0.160. The van der Waals surface area contributed by atoms with E-state index in [0.717, 1.165) is 19.3 Å². The number of esters is 1. The van der Waals surface area contributed by atoms with E-state index in [9.17, 15) is 4.79 Å². The summed E-state index contributed by atoms with van der Waals surface area (Å²) in [6.07, 6.45) is 5.27. The van der Waals surface area contributed by atoms with Crippen LogP contribution in [0.2, 0.25) is 0 Å². The van der Waals surface area contributed by atoms with E-state index in [-0.39, 0.29) is 17.0 Å². The second-order valence-electron chi connectivity index (χ2n) is 7.85. The van der Waals surface area contributed by atoms with E-state index in [4.69, 9.17) is 4.74 Å². The maximum Gasteiger partial charge on any atom is 0.338 e. The van der Waals surface area contributed by atoms with Gasteiger partial charge in [0.15, 0.2) is 0 Å². The predicted octanol–water partition coefficient (Wildman–Crippen LogP) is 5.72. The Morgan fingerprint density at radius 1 is 1.27 bits per heavy atom. The molecule has 0 spiro atoms. The number of hydrogen-bond acceptors (Lipinski definition) is 2. The Morgan fingerprint density at radius 2 is 1.91 bits per heavy atom. The first-order valence-electron chi connectivity index (χ1n) is 8.61. The van der Waals surface area contributed by atoms with E-state index in [0.29, 0.717) is 11.5 Å². The van der Waals surface area contributed by atoms with Crippen LogP contribution in [0.15, 0.2) is 24.3 Å². The number of hydrogen-bond donors (Lipinski definition) is 0. The molecule has 0 heterocycles. The Hall–Kier alpha value is -1.31. The summed E-state index contributed by atoms with van der Waals surface area (Å²) < 4.78 is 5.92. The highest BCUT2D eigenvalue weighted by Crippen LogP contribution is 2.37. The van der Waals surface area contributed by atoms with Crippen molar-refractivity contribution in [3.63, 3.8) is 0 Å². The molecule has 0 aromatic heterocycles. The lowest BCUT2D eigenvalue weighted by atomic mass is 9.77. The van der Waals surface area contributed by atoms with Gasteiger partial charge in [-0.1, -0.05) is 46.8 Å². The number of carbonyl (C=O) groups is 1. The second-order valence-corrected chi connectivity index (χ2v) is 7.85. The van der Waals surface area contributed by atoms with Crippen molar-refractivity contribution in [3.05, 3.63) is 35.4 Å². The molecule has 0 N–H and O–H groups in total. The van der Waals surface area contributed by atoms with Crippen LogP contribution in [0.5, 0.6) is 0 Å². The highest BCUT2D eigenvalue weighted by atomic mass is 16.6. The maximum absolute atomic E-state index is 12.6. The zero-order valence-corrected chi connectivity index (χ0v) is 14.7. The fourth-order valence-electron chi connectivity index (χ4n) is 3.24. The van der Waals surface area contributed by atoms with Crippen LogP contribution in [0.3, 0.4) is 0 Å². The maximum atomic E-state index is 12.6. The third-order valence-electron chi connectivity index (χ3n) is 5.39. The van der Waals surface area contributed by atoms with Crippen LogP contribution in [0.25, 0.3) is 0 Å². The molecule has 1 saturated carbocycles. The summed E-state index contributed by atoms with van der Waals surface area (Å²) in [5.74, 6) is 0.235. The van der Waals surface area contributed by atoms with Crippen LogP contribution in [-0.4, -0.2) is 11.6 Å². The molecule has 2 nitrogen and oxygen atoms in total. The van der Waals surface area contributed by atoms with Crippen molar-refractivity contribution in [2.24, 2.45) is 5.41 Å². The quantitative estimate of drug-likeness (QED) is 0.665. The fourth-order valence-corrected chi connectivity index (χ4v) is 3.24. The Labute approximate surface area is 135 Å². The van der Waals surface area contributed by atoms with E-state index >= 15 is 0 Å². The SMILES string of the molecule is CCC1(OC(=O)c2cccc(C(C)C(C)(C)C)c2)CCCC1. The van der Waals surface area contributed by atoms with Gasteiger partial charge in [-0.05, 0) is 61.1 Å². The first-order valence-corrected chi connectivity index (χ1v) is 8.61. The summed E-state index contributed by atoms with van der Waals surface area (Å²) in [7, 11) is 0. The van der Waals surface area contributed by atoms with Crippen LogP contribution in [0, 0.1) is 5.41 Å². The van der Waals surface area contributed by atoms with Crippen LogP contribution in [0.4, 0.5) is 0 Å². The molecule has 0 saturated heterocycles. The first-order chi connectivity index (χ1) is 10.3. The van der Waals surface area contributed by atoms with Gasteiger partial charge in [0, 0.05) is 0 Å². The van der Waals surface area contributed by atoms with Crippen LogP contribution in [0.1, 0.15) is 88.6 Å². The van der Waals surface area contributed by atoms with E-state index in [1.807, 2.05) is 18.2 Å². The lowest BCUT2D eigenvalue weighted by Gasteiger charge is -2.29. The van der Waals surface area contributed by atoms with E-state index in [2.05, 4.69) is 40.7 Å². The summed E-state index contributed by atoms with van der Waals surface area (Å²) in [5.41, 5.74) is 1.86. The molecule has 1 aromatic carbocycles. The van der Waals surface area contributed by atoms with Gasteiger partial charge < -0.3 is 4.74 Å². The molecule has 1 aromatic rings. The lowest BCUT2D eigenvalue weighted by molar-refractivity contribution is -0.0172. The van der Waals surface area contributed by atoms with Crippen molar-refractivity contribution in [2.75, 3.05) is 0 Å². The van der Waals surface area contributed by atoms with Crippen molar-refractivity contribution >= 4 is 5.97 Å². The summed E-state index contributed by atoms with van der Waals surface area (Å²) in [5, 5.41) is 0. The van der Waals surface area contributed by atoms with Crippen molar-refractivity contribution < 1.29 is 9.53 Å². The standard InChI is InChI=1S/C20H30O2/c1-6-20(12-7-8-13-20)22-18(21)17-11-9-10-16(14-17)15(2)19(3,4)5/h9-11,14-15H,6-8,12-13H2,1-5H3. The summed E-state index contributed by atoms with van der Waals surface area (Å²) >= 11 is 0. The Kier molecular flexibility index (Phi) is 4.99. The molecule has 22 heavy (non-hydrogen) atoms. The molecule has 2 heteroatoms. The van der Waals surface area contributed by atoms with Gasteiger partial charge in [0.1, 0.15) is 5.60 Å². The number of ether oxygens (including phenoxy) is 1. The van der Waals surface area contributed by atoms with Gasteiger partial charge in [-0.25, -0.2) is 4.79 Å².